The number of ether oxygens (including phenoxy) is 1. The molecule has 2 aromatic rings. The lowest BCUT2D eigenvalue weighted by molar-refractivity contribution is -0.135. The molecule has 0 amide bonds. The number of aliphatic imine (C=N–C) groups is 1. The summed E-state index contributed by atoms with van der Waals surface area (Å²) in [5.41, 5.74) is 2.53. The minimum absolute atomic E-state index is 0.116. The Balaban J connectivity index is 2.23. The molecule has 0 saturated carbocycles. The van der Waals surface area contributed by atoms with Crippen molar-refractivity contribution in [3.63, 3.8) is 0 Å². The maximum absolute atomic E-state index is 11.9. The Kier molecular flexibility index (Phi) is 3.89. The third-order valence-electron chi connectivity index (χ3n) is 3.44. The number of anilines is 1. The molecule has 23 heavy (non-hydrogen) atoms. The summed E-state index contributed by atoms with van der Waals surface area (Å²) in [5.74, 6) is -0.119. The molecule has 3 rings (SSSR count). The number of hydrogen-bond acceptors (Lipinski definition) is 5. The van der Waals surface area contributed by atoms with Crippen LogP contribution in [0.1, 0.15) is 11.1 Å². The van der Waals surface area contributed by atoms with Gasteiger partial charge in [0, 0.05) is 16.8 Å². The van der Waals surface area contributed by atoms with E-state index in [0.717, 1.165) is 11.3 Å². The maximum Gasteiger partial charge on any atom is 0.350 e. The monoisotopic (exact) mass is 303 g/mol. The fourth-order valence-electron chi connectivity index (χ4n) is 2.35. The molecule has 0 atom stereocenters. The third-order valence-corrected chi connectivity index (χ3v) is 3.44. The molecule has 2 aromatic carbocycles. The Hall–Kier alpha value is -3.39. The molecule has 0 bridgehead atoms. The van der Waals surface area contributed by atoms with E-state index in [1.165, 1.54) is 7.11 Å². The first-order chi connectivity index (χ1) is 11.2. The quantitative estimate of drug-likeness (QED) is 0.526. The highest BCUT2D eigenvalue weighted by molar-refractivity contribution is 6.16. The first-order valence-corrected chi connectivity index (χ1v) is 6.98. The largest absolute Gasteiger partial charge is 0.465 e. The number of amidine groups is 1. The smallest absolute Gasteiger partial charge is 0.350 e. The van der Waals surface area contributed by atoms with E-state index in [0.29, 0.717) is 17.1 Å². The van der Waals surface area contributed by atoms with Gasteiger partial charge >= 0.3 is 5.97 Å². The van der Waals surface area contributed by atoms with Crippen molar-refractivity contribution < 1.29 is 9.53 Å². The van der Waals surface area contributed by atoms with Crippen LogP contribution in [0.15, 0.2) is 65.2 Å². The van der Waals surface area contributed by atoms with Crippen molar-refractivity contribution in [2.75, 3.05) is 12.4 Å². The highest BCUT2D eigenvalue weighted by Crippen LogP contribution is 2.32. The zero-order chi connectivity index (χ0) is 16.2. The molecule has 0 unspecified atom stereocenters. The summed E-state index contributed by atoms with van der Waals surface area (Å²) >= 11 is 0. The second-order valence-electron chi connectivity index (χ2n) is 4.82. The number of rotatable bonds is 2. The molecular formula is C18H13N3O2. The van der Waals surface area contributed by atoms with Crippen molar-refractivity contribution >= 4 is 23.2 Å². The van der Waals surface area contributed by atoms with Crippen LogP contribution in [0, 0.1) is 11.3 Å². The SMILES string of the molecule is COC(=O)/C(C#N)=C1\N=C(c2ccccc2)Nc2ccccc21. The van der Waals surface area contributed by atoms with Gasteiger partial charge in [0.25, 0.3) is 0 Å². The predicted octanol–water partition coefficient (Wildman–Crippen LogP) is 2.97. The minimum Gasteiger partial charge on any atom is -0.465 e. The molecule has 1 heterocycles. The van der Waals surface area contributed by atoms with Crippen molar-refractivity contribution in [3.05, 3.63) is 71.3 Å². The number of methoxy groups -OCH3 is 1. The molecule has 5 heteroatoms. The molecule has 0 aromatic heterocycles. The molecule has 0 saturated heterocycles. The number of hydrogen-bond donors (Lipinski definition) is 1. The van der Waals surface area contributed by atoms with Crippen LogP contribution in [0.5, 0.6) is 0 Å². The van der Waals surface area contributed by atoms with Crippen LogP contribution < -0.4 is 5.32 Å². The number of nitrogens with zero attached hydrogens (tertiary/aromatic N) is 2. The number of nitrogens with one attached hydrogen (secondary N) is 1. The second kappa shape index (κ2) is 6.16. The second-order valence-corrected chi connectivity index (χ2v) is 4.82. The first-order valence-electron chi connectivity index (χ1n) is 6.98. The molecule has 1 N–H and O–H groups in total. The Bertz CT molecular complexity index is 861. The van der Waals surface area contributed by atoms with Gasteiger partial charge in [0.2, 0.25) is 0 Å². The fraction of sp³-hybridized carbons (Fsp3) is 0.0556. The zero-order valence-electron chi connectivity index (χ0n) is 12.4. The molecule has 0 fully saturated rings. The third kappa shape index (κ3) is 2.70. The summed E-state index contributed by atoms with van der Waals surface area (Å²) in [6.45, 7) is 0. The molecular weight excluding hydrogens is 290 g/mol. The molecule has 1 aliphatic heterocycles. The van der Waals surface area contributed by atoms with Gasteiger partial charge < -0.3 is 10.1 Å². The van der Waals surface area contributed by atoms with Gasteiger partial charge in [-0.1, -0.05) is 48.5 Å². The minimum atomic E-state index is -0.699. The standard InChI is InChI=1S/C18H13N3O2/c1-23-18(22)14(11-19)16-13-9-5-6-10-15(13)20-17(21-16)12-7-3-2-4-8-12/h2-10H,1H3,(H,20,21)/b16-14-. The topological polar surface area (TPSA) is 74.5 Å². The lowest BCUT2D eigenvalue weighted by Crippen LogP contribution is -2.20. The lowest BCUT2D eigenvalue weighted by atomic mass is 10.0. The summed E-state index contributed by atoms with van der Waals surface area (Å²) in [4.78, 5) is 16.4. The summed E-state index contributed by atoms with van der Waals surface area (Å²) in [7, 11) is 1.25. The number of benzene rings is 2. The molecule has 0 aliphatic carbocycles. The van der Waals surface area contributed by atoms with Crippen LogP contribution in [-0.4, -0.2) is 18.9 Å². The number of nitriles is 1. The molecule has 112 valence electrons. The average Bonchev–Trinajstić information content (AvgIpc) is 2.62. The Morgan fingerprint density at radius 2 is 1.83 bits per heavy atom. The van der Waals surface area contributed by atoms with Crippen LogP contribution >= 0.6 is 0 Å². The van der Waals surface area contributed by atoms with Gasteiger partial charge in [0.05, 0.1) is 12.8 Å². The van der Waals surface area contributed by atoms with Crippen molar-refractivity contribution in [3.8, 4) is 6.07 Å². The van der Waals surface area contributed by atoms with E-state index in [9.17, 15) is 10.1 Å². The van der Waals surface area contributed by atoms with Gasteiger partial charge in [-0.3, -0.25) is 0 Å². The Morgan fingerprint density at radius 3 is 2.52 bits per heavy atom. The van der Waals surface area contributed by atoms with Crippen LogP contribution in [0.4, 0.5) is 5.69 Å². The van der Waals surface area contributed by atoms with E-state index in [4.69, 9.17) is 4.74 Å². The fourth-order valence-corrected chi connectivity index (χ4v) is 2.35. The Labute approximate surface area is 133 Å². The van der Waals surface area contributed by atoms with Crippen LogP contribution in [0.2, 0.25) is 0 Å². The van der Waals surface area contributed by atoms with Crippen molar-refractivity contribution in [2.24, 2.45) is 4.99 Å². The van der Waals surface area contributed by atoms with E-state index in [-0.39, 0.29) is 5.57 Å². The van der Waals surface area contributed by atoms with Gasteiger partial charge in [-0.15, -0.1) is 0 Å². The van der Waals surface area contributed by atoms with E-state index in [1.54, 1.807) is 0 Å². The van der Waals surface area contributed by atoms with Gasteiger partial charge in [-0.05, 0) is 6.07 Å². The Morgan fingerprint density at radius 1 is 1.13 bits per heavy atom. The number of fused-ring (bicyclic) bond motifs is 1. The van der Waals surface area contributed by atoms with Crippen LogP contribution in [0.3, 0.4) is 0 Å². The molecule has 0 radical (unpaired) electrons. The van der Waals surface area contributed by atoms with E-state index in [1.807, 2.05) is 60.7 Å². The normalized spacial score (nSPS) is 14.7. The van der Waals surface area contributed by atoms with Crippen molar-refractivity contribution in [2.45, 2.75) is 0 Å². The highest BCUT2D eigenvalue weighted by atomic mass is 16.5. The van der Waals surface area contributed by atoms with Gasteiger partial charge in [0.15, 0.2) is 5.57 Å². The number of esters is 1. The van der Waals surface area contributed by atoms with E-state index in [2.05, 4.69) is 10.3 Å². The number of carbonyl (C=O) groups is 1. The molecule has 1 aliphatic rings. The zero-order valence-corrected chi connectivity index (χ0v) is 12.4. The van der Waals surface area contributed by atoms with Crippen molar-refractivity contribution in [1.82, 2.24) is 0 Å². The number of para-hydroxylation sites is 1. The van der Waals surface area contributed by atoms with Crippen molar-refractivity contribution in [1.29, 1.82) is 5.26 Å². The predicted molar refractivity (Wildman–Crippen MR) is 87.6 cm³/mol. The summed E-state index contributed by atoms with van der Waals surface area (Å²) in [5, 5.41) is 12.6. The maximum atomic E-state index is 11.9. The van der Waals surface area contributed by atoms with Gasteiger partial charge in [-0.25, -0.2) is 9.79 Å². The van der Waals surface area contributed by atoms with Crippen LogP contribution in [0.25, 0.3) is 5.70 Å². The lowest BCUT2D eigenvalue weighted by Gasteiger charge is -2.21. The number of carbonyl (C=O) groups excluding carboxylic acids is 1. The summed E-state index contributed by atoms with van der Waals surface area (Å²) < 4.78 is 4.70. The summed E-state index contributed by atoms with van der Waals surface area (Å²) in [6, 6.07) is 18.8. The highest BCUT2D eigenvalue weighted by Gasteiger charge is 2.24. The molecule has 5 nitrogen and oxygen atoms in total. The molecule has 0 spiro atoms. The summed E-state index contributed by atoms with van der Waals surface area (Å²) in [6.07, 6.45) is 0. The van der Waals surface area contributed by atoms with E-state index >= 15 is 0 Å². The van der Waals surface area contributed by atoms with Crippen LogP contribution in [-0.2, 0) is 9.53 Å². The van der Waals surface area contributed by atoms with E-state index < -0.39 is 5.97 Å². The first kappa shape index (κ1) is 14.5. The van der Waals surface area contributed by atoms with Gasteiger partial charge in [-0.2, -0.15) is 5.26 Å². The van der Waals surface area contributed by atoms with Gasteiger partial charge in [0.1, 0.15) is 11.9 Å². The average molecular weight is 303 g/mol.